The number of hydrogen-bond donors (Lipinski definition) is 1. The molecule has 0 aliphatic carbocycles. The smallest absolute Gasteiger partial charge is 0.255 e. The number of nitrogens with zero attached hydrogens (tertiary/aromatic N) is 1. The zero-order chi connectivity index (χ0) is 21.4. The second kappa shape index (κ2) is 11.2. The van der Waals surface area contributed by atoms with Gasteiger partial charge in [0.1, 0.15) is 17.6 Å². The molecule has 0 aliphatic rings. The molecule has 2 amide bonds. The third-order valence-electron chi connectivity index (χ3n) is 4.36. The normalized spacial score (nSPS) is 11.6. The number of benzene rings is 2. The lowest BCUT2D eigenvalue weighted by molar-refractivity contribution is -0.132. The van der Waals surface area contributed by atoms with Crippen LogP contribution in [0.3, 0.4) is 0 Å². The Hall–Kier alpha value is -2.06. The first kappa shape index (κ1) is 23.2. The molecule has 0 fully saturated rings. The summed E-state index contributed by atoms with van der Waals surface area (Å²) in [6, 6.07) is 10.7. The van der Waals surface area contributed by atoms with Crippen molar-refractivity contribution in [2.24, 2.45) is 0 Å². The van der Waals surface area contributed by atoms with E-state index in [0.717, 1.165) is 4.47 Å². The van der Waals surface area contributed by atoms with Crippen LogP contribution in [-0.2, 0) is 11.3 Å². The first-order valence-electron chi connectivity index (χ1n) is 8.99. The van der Waals surface area contributed by atoms with Crippen LogP contribution in [-0.4, -0.2) is 48.9 Å². The third kappa shape index (κ3) is 6.47. The van der Waals surface area contributed by atoms with Gasteiger partial charge in [-0.1, -0.05) is 28.1 Å². The Morgan fingerprint density at radius 2 is 2.00 bits per heavy atom. The van der Waals surface area contributed by atoms with E-state index in [1.54, 1.807) is 55.2 Å². The number of para-hydroxylation sites is 1. The molecule has 1 unspecified atom stereocenters. The van der Waals surface area contributed by atoms with Crippen LogP contribution in [0.15, 0.2) is 46.9 Å². The van der Waals surface area contributed by atoms with E-state index in [-0.39, 0.29) is 24.2 Å². The number of thioether (sulfide) groups is 1. The van der Waals surface area contributed by atoms with Gasteiger partial charge in [0.2, 0.25) is 5.91 Å². The second-order valence-corrected chi connectivity index (χ2v) is 8.34. The van der Waals surface area contributed by atoms with E-state index in [9.17, 15) is 14.0 Å². The monoisotopic (exact) mass is 482 g/mol. The minimum atomic E-state index is -0.722. The standard InChI is InChI=1S/C21H24BrFN2O3S/c1-25(13-14-12-15(22)8-9-17(14)23)21(27)18(10-11-29-3)24-20(26)16-6-4-5-7-19(16)28-2/h4-9,12,18H,10-11,13H2,1-3H3,(H,24,26). The fraction of sp³-hybridized carbons (Fsp3) is 0.333. The molecule has 1 atom stereocenters. The molecule has 0 heterocycles. The summed E-state index contributed by atoms with van der Waals surface area (Å²) in [7, 11) is 3.09. The first-order chi connectivity index (χ1) is 13.9. The maximum atomic E-state index is 14.1. The topological polar surface area (TPSA) is 58.6 Å². The number of hydrogen-bond acceptors (Lipinski definition) is 4. The molecule has 5 nitrogen and oxygen atoms in total. The highest BCUT2D eigenvalue weighted by molar-refractivity contribution is 9.10. The van der Waals surface area contributed by atoms with Crippen LogP contribution in [0.1, 0.15) is 22.3 Å². The Kier molecular flexibility index (Phi) is 8.98. The van der Waals surface area contributed by atoms with Gasteiger partial charge in [-0.3, -0.25) is 9.59 Å². The van der Waals surface area contributed by atoms with Crippen LogP contribution in [0.4, 0.5) is 4.39 Å². The average molecular weight is 483 g/mol. The summed E-state index contributed by atoms with van der Waals surface area (Å²) < 4.78 is 20.0. The predicted molar refractivity (Wildman–Crippen MR) is 118 cm³/mol. The summed E-state index contributed by atoms with van der Waals surface area (Å²) in [6.07, 6.45) is 2.40. The number of carbonyl (C=O) groups is 2. The van der Waals surface area contributed by atoms with Gasteiger partial charge in [0.15, 0.2) is 0 Å². The van der Waals surface area contributed by atoms with Crippen molar-refractivity contribution in [3.8, 4) is 5.75 Å². The van der Waals surface area contributed by atoms with Crippen molar-refractivity contribution in [2.75, 3.05) is 26.2 Å². The lowest BCUT2D eigenvalue weighted by Crippen LogP contribution is -2.47. The SMILES string of the molecule is COc1ccccc1C(=O)NC(CCSC)C(=O)N(C)Cc1cc(Br)ccc1F. The summed E-state index contributed by atoms with van der Waals surface area (Å²) in [6.45, 7) is 0.102. The van der Waals surface area contributed by atoms with Crippen LogP contribution < -0.4 is 10.1 Å². The van der Waals surface area contributed by atoms with Gasteiger partial charge in [-0.25, -0.2) is 4.39 Å². The molecule has 2 rings (SSSR count). The largest absolute Gasteiger partial charge is 0.496 e. The van der Waals surface area contributed by atoms with Crippen LogP contribution >= 0.6 is 27.7 Å². The summed E-state index contributed by atoms with van der Waals surface area (Å²) in [5.41, 5.74) is 0.757. The van der Waals surface area contributed by atoms with Crippen molar-refractivity contribution in [2.45, 2.75) is 19.0 Å². The fourth-order valence-electron chi connectivity index (χ4n) is 2.83. The van der Waals surface area contributed by atoms with E-state index in [0.29, 0.717) is 29.1 Å². The van der Waals surface area contributed by atoms with Gasteiger partial charge in [-0.2, -0.15) is 11.8 Å². The molecule has 1 N–H and O–H groups in total. The number of halogens is 2. The highest BCUT2D eigenvalue weighted by Gasteiger charge is 2.25. The molecule has 0 spiro atoms. The van der Waals surface area contributed by atoms with Gasteiger partial charge >= 0.3 is 0 Å². The molecule has 156 valence electrons. The first-order valence-corrected chi connectivity index (χ1v) is 11.2. The third-order valence-corrected chi connectivity index (χ3v) is 5.49. The molecule has 0 saturated carbocycles. The van der Waals surface area contributed by atoms with Crippen LogP contribution in [0.2, 0.25) is 0 Å². The van der Waals surface area contributed by atoms with E-state index < -0.39 is 6.04 Å². The minimum absolute atomic E-state index is 0.102. The molecule has 0 saturated heterocycles. The van der Waals surface area contributed by atoms with Gasteiger partial charge < -0.3 is 15.0 Å². The quantitative estimate of drug-likeness (QED) is 0.584. The molecule has 2 aromatic carbocycles. The molecule has 29 heavy (non-hydrogen) atoms. The Labute approximate surface area is 183 Å². The molecule has 0 aromatic heterocycles. The van der Waals surface area contributed by atoms with Gasteiger partial charge in [0, 0.05) is 23.6 Å². The van der Waals surface area contributed by atoms with Crippen LogP contribution in [0, 0.1) is 5.82 Å². The number of ether oxygens (including phenoxy) is 1. The second-order valence-electron chi connectivity index (χ2n) is 6.44. The highest BCUT2D eigenvalue weighted by Crippen LogP contribution is 2.19. The van der Waals surface area contributed by atoms with Crippen molar-refractivity contribution in [3.05, 3.63) is 63.9 Å². The van der Waals surface area contributed by atoms with Crippen molar-refractivity contribution in [1.82, 2.24) is 10.2 Å². The Morgan fingerprint density at radius 3 is 2.69 bits per heavy atom. The van der Waals surface area contributed by atoms with Crippen molar-refractivity contribution in [3.63, 3.8) is 0 Å². The lowest BCUT2D eigenvalue weighted by atomic mass is 10.1. The molecular formula is C21H24BrFN2O3S. The number of carbonyl (C=O) groups excluding carboxylic acids is 2. The molecule has 8 heteroatoms. The predicted octanol–water partition coefficient (Wildman–Crippen LogP) is 4.11. The summed E-state index contributed by atoms with van der Waals surface area (Å²) in [5, 5.41) is 2.81. The number of amides is 2. The maximum Gasteiger partial charge on any atom is 0.255 e. The van der Waals surface area contributed by atoms with Crippen molar-refractivity contribution < 1.29 is 18.7 Å². The summed E-state index contributed by atoms with van der Waals surface area (Å²) in [4.78, 5) is 27.2. The van der Waals surface area contributed by atoms with E-state index in [4.69, 9.17) is 4.74 Å². The molecule has 0 bridgehead atoms. The Morgan fingerprint density at radius 1 is 1.28 bits per heavy atom. The number of rotatable bonds is 9. The van der Waals surface area contributed by atoms with Gasteiger partial charge in [-0.05, 0) is 48.8 Å². The minimum Gasteiger partial charge on any atom is -0.496 e. The summed E-state index contributed by atoms with van der Waals surface area (Å²) in [5.74, 6) is 0.0876. The van der Waals surface area contributed by atoms with Gasteiger partial charge in [-0.15, -0.1) is 0 Å². The number of methoxy groups -OCH3 is 1. The Balaban J connectivity index is 2.16. The molecular weight excluding hydrogens is 459 g/mol. The number of nitrogens with one attached hydrogen (secondary N) is 1. The summed E-state index contributed by atoms with van der Waals surface area (Å²) >= 11 is 4.90. The molecule has 0 aliphatic heterocycles. The maximum absolute atomic E-state index is 14.1. The van der Waals surface area contributed by atoms with E-state index in [1.807, 2.05) is 6.26 Å². The van der Waals surface area contributed by atoms with Crippen LogP contribution in [0.5, 0.6) is 5.75 Å². The zero-order valence-corrected chi connectivity index (χ0v) is 19.0. The van der Waals surface area contributed by atoms with E-state index >= 15 is 0 Å². The van der Waals surface area contributed by atoms with Crippen molar-refractivity contribution in [1.29, 1.82) is 0 Å². The van der Waals surface area contributed by atoms with Gasteiger partial charge in [0.25, 0.3) is 5.91 Å². The Bertz CT molecular complexity index is 866. The highest BCUT2D eigenvalue weighted by atomic mass is 79.9. The molecule has 2 aromatic rings. The molecule has 0 radical (unpaired) electrons. The lowest BCUT2D eigenvalue weighted by Gasteiger charge is -2.25. The van der Waals surface area contributed by atoms with Crippen LogP contribution in [0.25, 0.3) is 0 Å². The van der Waals surface area contributed by atoms with E-state index in [1.165, 1.54) is 18.1 Å². The van der Waals surface area contributed by atoms with Gasteiger partial charge in [0.05, 0.1) is 12.7 Å². The van der Waals surface area contributed by atoms with E-state index in [2.05, 4.69) is 21.2 Å². The fourth-order valence-corrected chi connectivity index (χ4v) is 3.71. The zero-order valence-electron chi connectivity index (χ0n) is 16.6. The number of likely N-dealkylation sites (N-methyl/N-ethyl adjacent to an activating group) is 1. The average Bonchev–Trinajstić information content (AvgIpc) is 2.72. The van der Waals surface area contributed by atoms with Crippen molar-refractivity contribution >= 4 is 39.5 Å².